The predicted molar refractivity (Wildman–Crippen MR) is 77.3 cm³/mol. The zero-order chi connectivity index (χ0) is 14.1. The van der Waals surface area contributed by atoms with Gasteiger partial charge in [-0.05, 0) is 43.5 Å². The topological polar surface area (TPSA) is 43.4 Å². The van der Waals surface area contributed by atoms with Crippen molar-refractivity contribution in [1.82, 2.24) is 0 Å². The molecule has 0 aliphatic heterocycles. The van der Waals surface area contributed by atoms with Gasteiger partial charge in [0.25, 0.3) is 9.05 Å². The Bertz CT molecular complexity index is 594. The minimum absolute atomic E-state index is 0.129. The third kappa shape index (κ3) is 3.49. The van der Waals surface area contributed by atoms with Gasteiger partial charge in [-0.2, -0.15) is 0 Å². The van der Waals surface area contributed by atoms with Gasteiger partial charge in [-0.15, -0.1) is 0 Å². The number of benzene rings is 1. The van der Waals surface area contributed by atoms with Crippen molar-refractivity contribution < 1.29 is 13.2 Å². The maximum atomic E-state index is 11.4. The highest BCUT2D eigenvalue weighted by Crippen LogP contribution is 2.32. The van der Waals surface area contributed by atoms with Crippen LogP contribution in [0.1, 0.15) is 16.7 Å². The van der Waals surface area contributed by atoms with Crippen molar-refractivity contribution in [3.8, 4) is 5.75 Å². The molecule has 0 saturated heterocycles. The highest BCUT2D eigenvalue weighted by atomic mass is 79.9. The largest absolute Gasteiger partial charge is 0.488 e. The highest BCUT2D eigenvalue weighted by Gasteiger charge is 2.19. The summed E-state index contributed by atoms with van der Waals surface area (Å²) in [5, 5.41) is 0. The number of aryl methyl sites for hydroxylation is 1. The van der Waals surface area contributed by atoms with Crippen LogP contribution in [0.15, 0.2) is 22.0 Å². The average molecular weight is 354 g/mol. The van der Waals surface area contributed by atoms with Crippen LogP contribution in [0, 0.1) is 20.8 Å². The van der Waals surface area contributed by atoms with Gasteiger partial charge in [0.1, 0.15) is 12.4 Å². The van der Waals surface area contributed by atoms with E-state index in [1.165, 1.54) is 6.07 Å². The number of hydrogen-bond acceptors (Lipinski definition) is 3. The quantitative estimate of drug-likeness (QED) is 0.773. The van der Waals surface area contributed by atoms with Crippen LogP contribution in [0.5, 0.6) is 5.75 Å². The lowest BCUT2D eigenvalue weighted by Gasteiger charge is -2.16. The fourth-order valence-corrected chi connectivity index (χ4v) is 3.08. The monoisotopic (exact) mass is 352 g/mol. The van der Waals surface area contributed by atoms with Crippen LogP contribution in [-0.4, -0.2) is 15.0 Å². The summed E-state index contributed by atoms with van der Waals surface area (Å²) < 4.78 is 29.2. The molecule has 0 aliphatic carbocycles. The average Bonchev–Trinajstić information content (AvgIpc) is 2.21. The minimum Gasteiger partial charge on any atom is -0.488 e. The Labute approximate surface area is 120 Å². The van der Waals surface area contributed by atoms with E-state index in [1.54, 1.807) is 20.8 Å². The molecule has 100 valence electrons. The second-order valence-corrected chi connectivity index (χ2v) is 7.67. The molecule has 0 radical (unpaired) electrons. The molecule has 0 amide bonds. The Balaban J connectivity index is 3.34. The molecule has 0 unspecified atom stereocenters. The van der Waals surface area contributed by atoms with Crippen LogP contribution in [0.25, 0.3) is 0 Å². The first-order chi connectivity index (χ1) is 8.14. The summed E-state index contributed by atoms with van der Waals surface area (Å²) in [4.78, 5) is 0.129. The summed E-state index contributed by atoms with van der Waals surface area (Å²) in [5.74, 6) is 0.664. The van der Waals surface area contributed by atoms with Crippen molar-refractivity contribution in [2.75, 3.05) is 6.61 Å². The Morgan fingerprint density at radius 1 is 1.39 bits per heavy atom. The van der Waals surface area contributed by atoms with E-state index in [9.17, 15) is 8.42 Å². The van der Waals surface area contributed by atoms with Crippen LogP contribution in [0.4, 0.5) is 0 Å². The smallest absolute Gasteiger partial charge is 0.261 e. The fourth-order valence-electron chi connectivity index (χ4n) is 1.65. The van der Waals surface area contributed by atoms with Gasteiger partial charge in [0.2, 0.25) is 0 Å². The summed E-state index contributed by atoms with van der Waals surface area (Å²) in [5.41, 5.74) is 2.10. The minimum atomic E-state index is -3.74. The molecular formula is C12H14BrClO3S. The zero-order valence-corrected chi connectivity index (χ0v) is 13.5. The van der Waals surface area contributed by atoms with Crippen molar-refractivity contribution in [2.24, 2.45) is 0 Å². The summed E-state index contributed by atoms with van der Waals surface area (Å²) >= 11 is 3.21. The van der Waals surface area contributed by atoms with Crippen molar-refractivity contribution in [2.45, 2.75) is 25.7 Å². The Morgan fingerprint density at radius 2 is 1.94 bits per heavy atom. The number of ether oxygens (including phenoxy) is 1. The zero-order valence-electron chi connectivity index (χ0n) is 10.4. The third-order valence-electron chi connectivity index (χ3n) is 2.61. The van der Waals surface area contributed by atoms with Crippen molar-refractivity contribution in [1.29, 1.82) is 0 Å². The van der Waals surface area contributed by atoms with Crippen LogP contribution >= 0.6 is 26.6 Å². The molecule has 6 heteroatoms. The molecule has 1 aromatic carbocycles. The molecule has 0 saturated carbocycles. The maximum absolute atomic E-state index is 11.4. The van der Waals surface area contributed by atoms with Gasteiger partial charge in [0.15, 0.2) is 0 Å². The van der Waals surface area contributed by atoms with E-state index in [4.69, 9.17) is 15.4 Å². The maximum Gasteiger partial charge on any atom is 0.261 e. The number of rotatable bonds is 4. The van der Waals surface area contributed by atoms with Gasteiger partial charge in [0, 0.05) is 15.2 Å². The lowest BCUT2D eigenvalue weighted by molar-refractivity contribution is 0.355. The highest BCUT2D eigenvalue weighted by molar-refractivity contribution is 9.11. The summed E-state index contributed by atoms with van der Waals surface area (Å²) in [6.45, 7) is 9.31. The molecule has 3 nitrogen and oxygen atoms in total. The Kier molecular flexibility index (Phi) is 4.86. The summed E-state index contributed by atoms with van der Waals surface area (Å²) in [7, 11) is 1.66. The lowest BCUT2D eigenvalue weighted by Crippen LogP contribution is -2.04. The van der Waals surface area contributed by atoms with Crippen LogP contribution in [0.3, 0.4) is 0 Å². The first kappa shape index (κ1) is 15.5. The molecule has 1 rings (SSSR count). The lowest BCUT2D eigenvalue weighted by atomic mass is 10.1. The molecule has 18 heavy (non-hydrogen) atoms. The third-order valence-corrected chi connectivity index (χ3v) is 4.29. The molecule has 0 aliphatic rings. The normalized spacial score (nSPS) is 11.4. The van der Waals surface area contributed by atoms with Crippen LogP contribution < -0.4 is 4.74 Å². The van der Waals surface area contributed by atoms with E-state index < -0.39 is 9.05 Å². The van der Waals surface area contributed by atoms with E-state index in [0.717, 1.165) is 11.1 Å². The van der Waals surface area contributed by atoms with Crippen LogP contribution in [0.2, 0.25) is 0 Å². The second kappa shape index (κ2) is 5.63. The first-order valence-corrected chi connectivity index (χ1v) is 8.26. The number of halogens is 2. The SMILES string of the molecule is C=C(Br)COc1c(C)cc(S(=O)(=O)Cl)c(C)c1C. The molecule has 0 fully saturated rings. The van der Waals surface area contributed by atoms with Gasteiger partial charge in [0.05, 0.1) is 4.90 Å². The molecule has 0 atom stereocenters. The van der Waals surface area contributed by atoms with Gasteiger partial charge >= 0.3 is 0 Å². The van der Waals surface area contributed by atoms with Crippen molar-refractivity contribution >= 4 is 35.7 Å². The van der Waals surface area contributed by atoms with Crippen LogP contribution in [-0.2, 0) is 9.05 Å². The molecule has 0 spiro atoms. The fraction of sp³-hybridized carbons (Fsp3) is 0.333. The predicted octanol–water partition coefficient (Wildman–Crippen LogP) is 3.83. The van der Waals surface area contributed by atoms with E-state index in [-0.39, 0.29) is 4.90 Å². The van der Waals surface area contributed by atoms with Gasteiger partial charge in [-0.3, -0.25) is 0 Å². The van der Waals surface area contributed by atoms with Gasteiger partial charge in [-0.1, -0.05) is 22.5 Å². The molecule has 0 bridgehead atoms. The van der Waals surface area contributed by atoms with E-state index in [1.807, 2.05) is 0 Å². The van der Waals surface area contributed by atoms with E-state index in [2.05, 4.69) is 22.5 Å². The molecule has 0 N–H and O–H groups in total. The second-order valence-electron chi connectivity index (χ2n) is 4.01. The molecular weight excluding hydrogens is 340 g/mol. The van der Waals surface area contributed by atoms with Gasteiger partial charge in [-0.25, -0.2) is 8.42 Å². The summed E-state index contributed by atoms with van der Waals surface area (Å²) in [6, 6.07) is 1.52. The van der Waals surface area contributed by atoms with Crippen molar-refractivity contribution in [3.05, 3.63) is 33.8 Å². The Morgan fingerprint density at radius 3 is 2.39 bits per heavy atom. The van der Waals surface area contributed by atoms with E-state index >= 15 is 0 Å². The molecule has 0 aromatic heterocycles. The molecule has 1 aromatic rings. The summed E-state index contributed by atoms with van der Waals surface area (Å²) in [6.07, 6.45) is 0. The number of hydrogen-bond donors (Lipinski definition) is 0. The first-order valence-electron chi connectivity index (χ1n) is 5.16. The van der Waals surface area contributed by atoms with Gasteiger partial charge < -0.3 is 4.74 Å². The van der Waals surface area contributed by atoms with E-state index in [0.29, 0.717) is 22.4 Å². The van der Waals surface area contributed by atoms with Crippen molar-refractivity contribution in [3.63, 3.8) is 0 Å². The standard InChI is InChI=1S/C12H14BrClO3S/c1-7-5-11(18(14,15)16)9(3)10(4)12(7)17-6-8(2)13/h5H,2,6H2,1,3-4H3. The Hall–Kier alpha value is -0.520. The molecule has 0 heterocycles.